The number of nitrogens with one attached hydrogen (secondary N) is 3. The SMILES string of the molecule is c1ccc(C2NNCC2CNCC(c2ccccc2)N2CCOCC2)cc1. The molecule has 4 rings (SSSR count). The summed E-state index contributed by atoms with van der Waals surface area (Å²) in [6.45, 7) is 6.60. The van der Waals surface area contributed by atoms with Crippen molar-refractivity contribution >= 4 is 0 Å². The van der Waals surface area contributed by atoms with Crippen LogP contribution in [0.5, 0.6) is 0 Å². The summed E-state index contributed by atoms with van der Waals surface area (Å²) in [7, 11) is 0. The predicted molar refractivity (Wildman–Crippen MR) is 108 cm³/mol. The molecular weight excluding hydrogens is 336 g/mol. The molecule has 3 N–H and O–H groups in total. The highest BCUT2D eigenvalue weighted by Crippen LogP contribution is 2.25. The van der Waals surface area contributed by atoms with E-state index in [4.69, 9.17) is 4.74 Å². The van der Waals surface area contributed by atoms with Crippen molar-refractivity contribution in [2.24, 2.45) is 5.92 Å². The molecule has 2 heterocycles. The van der Waals surface area contributed by atoms with E-state index < -0.39 is 0 Å². The summed E-state index contributed by atoms with van der Waals surface area (Å²) in [5, 5.41) is 3.76. The van der Waals surface area contributed by atoms with Crippen molar-refractivity contribution in [1.82, 2.24) is 21.1 Å². The molecule has 0 saturated carbocycles. The van der Waals surface area contributed by atoms with Gasteiger partial charge in [0.05, 0.1) is 19.3 Å². The van der Waals surface area contributed by atoms with Crippen molar-refractivity contribution in [3.63, 3.8) is 0 Å². The van der Waals surface area contributed by atoms with Gasteiger partial charge in [-0.25, -0.2) is 5.43 Å². The van der Waals surface area contributed by atoms with E-state index in [1.54, 1.807) is 0 Å². The molecule has 0 aromatic heterocycles. The standard InChI is InChI=1S/C22H30N4O/c1-3-7-18(8-4-1)21(26-11-13-27-14-12-26)17-23-15-20-16-24-25-22(20)19-9-5-2-6-10-19/h1-10,20-25H,11-17H2. The molecule has 0 aliphatic carbocycles. The molecule has 0 radical (unpaired) electrons. The van der Waals surface area contributed by atoms with Gasteiger partial charge in [-0.3, -0.25) is 10.3 Å². The molecule has 27 heavy (non-hydrogen) atoms. The van der Waals surface area contributed by atoms with Crippen molar-refractivity contribution < 1.29 is 4.74 Å². The minimum Gasteiger partial charge on any atom is -0.379 e. The minimum absolute atomic E-state index is 0.359. The van der Waals surface area contributed by atoms with Gasteiger partial charge >= 0.3 is 0 Å². The minimum atomic E-state index is 0.359. The van der Waals surface area contributed by atoms with Crippen molar-refractivity contribution in [2.75, 3.05) is 45.9 Å². The van der Waals surface area contributed by atoms with Crippen LogP contribution in [0, 0.1) is 5.92 Å². The highest BCUT2D eigenvalue weighted by Gasteiger charge is 2.28. The fourth-order valence-corrected chi connectivity index (χ4v) is 4.17. The molecule has 5 heteroatoms. The van der Waals surface area contributed by atoms with Gasteiger partial charge in [-0.05, 0) is 11.1 Å². The number of nitrogens with zero attached hydrogens (tertiary/aromatic N) is 1. The number of rotatable bonds is 7. The third-order valence-corrected chi connectivity index (χ3v) is 5.67. The summed E-state index contributed by atoms with van der Waals surface area (Å²) in [4.78, 5) is 2.55. The number of hydrogen-bond acceptors (Lipinski definition) is 5. The maximum absolute atomic E-state index is 5.56. The Bertz CT molecular complexity index is 675. The van der Waals surface area contributed by atoms with Gasteiger partial charge in [0, 0.05) is 44.7 Å². The Kier molecular flexibility index (Phi) is 6.50. The van der Waals surface area contributed by atoms with Crippen molar-refractivity contribution in [1.29, 1.82) is 0 Å². The molecular formula is C22H30N4O. The summed E-state index contributed by atoms with van der Waals surface area (Å²) in [6, 6.07) is 22.3. The Morgan fingerprint density at radius 3 is 2.44 bits per heavy atom. The van der Waals surface area contributed by atoms with Crippen LogP contribution in [0.15, 0.2) is 60.7 Å². The van der Waals surface area contributed by atoms with Crippen molar-refractivity contribution in [2.45, 2.75) is 12.1 Å². The second-order valence-corrected chi connectivity index (χ2v) is 7.41. The van der Waals surface area contributed by atoms with Crippen LogP contribution >= 0.6 is 0 Å². The van der Waals surface area contributed by atoms with Crippen LogP contribution in [0.1, 0.15) is 23.2 Å². The van der Waals surface area contributed by atoms with E-state index in [9.17, 15) is 0 Å². The zero-order valence-electron chi connectivity index (χ0n) is 15.8. The number of ether oxygens (including phenoxy) is 1. The fourth-order valence-electron chi connectivity index (χ4n) is 4.17. The Morgan fingerprint density at radius 2 is 1.70 bits per heavy atom. The van der Waals surface area contributed by atoms with Gasteiger partial charge in [0.1, 0.15) is 0 Å². The highest BCUT2D eigenvalue weighted by atomic mass is 16.5. The molecule has 3 atom stereocenters. The molecule has 2 aromatic rings. The molecule has 0 spiro atoms. The Balaban J connectivity index is 1.37. The van der Waals surface area contributed by atoms with Crippen LogP contribution in [0.2, 0.25) is 0 Å². The van der Waals surface area contributed by atoms with Crippen molar-refractivity contribution in [3.8, 4) is 0 Å². The van der Waals surface area contributed by atoms with E-state index >= 15 is 0 Å². The topological polar surface area (TPSA) is 48.6 Å². The van der Waals surface area contributed by atoms with Crippen LogP contribution in [-0.2, 0) is 4.74 Å². The molecule has 5 nitrogen and oxygen atoms in total. The van der Waals surface area contributed by atoms with Gasteiger partial charge in [0.15, 0.2) is 0 Å². The van der Waals surface area contributed by atoms with E-state index in [0.29, 0.717) is 18.0 Å². The third-order valence-electron chi connectivity index (χ3n) is 5.67. The lowest BCUT2D eigenvalue weighted by Gasteiger charge is -2.35. The largest absolute Gasteiger partial charge is 0.379 e. The quantitative estimate of drug-likeness (QED) is 0.701. The zero-order chi connectivity index (χ0) is 18.3. The average molecular weight is 367 g/mol. The summed E-state index contributed by atoms with van der Waals surface area (Å²) in [5.41, 5.74) is 9.51. The van der Waals surface area contributed by atoms with Gasteiger partial charge in [-0.2, -0.15) is 0 Å². The first kappa shape index (κ1) is 18.6. The van der Waals surface area contributed by atoms with Gasteiger partial charge in [0.25, 0.3) is 0 Å². The monoisotopic (exact) mass is 366 g/mol. The van der Waals surface area contributed by atoms with Crippen LogP contribution in [0.4, 0.5) is 0 Å². The molecule has 3 unspecified atom stereocenters. The Labute approximate surface area is 162 Å². The molecule has 144 valence electrons. The van der Waals surface area contributed by atoms with Crippen LogP contribution in [-0.4, -0.2) is 50.8 Å². The Hall–Kier alpha value is -1.76. The summed E-state index contributed by atoms with van der Waals surface area (Å²) < 4.78 is 5.56. The van der Waals surface area contributed by atoms with E-state index in [1.165, 1.54) is 11.1 Å². The number of hydrazine groups is 1. The normalized spacial score (nSPS) is 24.7. The lowest BCUT2D eigenvalue weighted by atomic mass is 9.94. The molecule has 0 bridgehead atoms. The second-order valence-electron chi connectivity index (χ2n) is 7.41. The summed E-state index contributed by atoms with van der Waals surface area (Å²) in [6.07, 6.45) is 0. The third kappa shape index (κ3) is 4.75. The van der Waals surface area contributed by atoms with E-state index in [2.05, 4.69) is 81.7 Å². The molecule has 2 fully saturated rings. The number of hydrogen-bond donors (Lipinski definition) is 3. The first-order valence-corrected chi connectivity index (χ1v) is 10.0. The van der Waals surface area contributed by atoms with Gasteiger partial charge < -0.3 is 10.1 Å². The number of morpholine rings is 1. The van der Waals surface area contributed by atoms with Gasteiger partial charge in [-0.1, -0.05) is 60.7 Å². The fraction of sp³-hybridized carbons (Fsp3) is 0.455. The molecule has 2 aromatic carbocycles. The van der Waals surface area contributed by atoms with E-state index in [-0.39, 0.29) is 0 Å². The Morgan fingerprint density at radius 1 is 1.00 bits per heavy atom. The van der Waals surface area contributed by atoms with Gasteiger partial charge in [0.2, 0.25) is 0 Å². The van der Waals surface area contributed by atoms with Gasteiger partial charge in [-0.15, -0.1) is 0 Å². The van der Waals surface area contributed by atoms with Crippen LogP contribution in [0.3, 0.4) is 0 Å². The lowest BCUT2D eigenvalue weighted by molar-refractivity contribution is 0.0160. The summed E-state index contributed by atoms with van der Waals surface area (Å²) in [5.74, 6) is 0.536. The van der Waals surface area contributed by atoms with E-state index in [0.717, 1.165) is 45.9 Å². The first-order chi connectivity index (χ1) is 13.4. The van der Waals surface area contributed by atoms with Crippen LogP contribution in [0.25, 0.3) is 0 Å². The maximum Gasteiger partial charge on any atom is 0.0594 e. The smallest absolute Gasteiger partial charge is 0.0594 e. The zero-order valence-corrected chi connectivity index (χ0v) is 15.8. The molecule has 2 aliphatic rings. The van der Waals surface area contributed by atoms with Crippen molar-refractivity contribution in [3.05, 3.63) is 71.8 Å². The van der Waals surface area contributed by atoms with Crippen LogP contribution < -0.4 is 16.2 Å². The summed E-state index contributed by atoms with van der Waals surface area (Å²) >= 11 is 0. The highest BCUT2D eigenvalue weighted by molar-refractivity contribution is 5.21. The maximum atomic E-state index is 5.56. The lowest BCUT2D eigenvalue weighted by Crippen LogP contribution is -2.43. The number of benzene rings is 2. The predicted octanol–water partition coefficient (Wildman–Crippen LogP) is 2.11. The molecule has 2 saturated heterocycles. The first-order valence-electron chi connectivity index (χ1n) is 10.0. The van der Waals surface area contributed by atoms with E-state index in [1.807, 2.05) is 0 Å². The molecule has 2 aliphatic heterocycles. The second kappa shape index (κ2) is 9.44. The molecule has 0 amide bonds. The average Bonchev–Trinajstić information content (AvgIpc) is 3.22.